The van der Waals surface area contributed by atoms with E-state index in [9.17, 15) is 0 Å². The molecule has 2 N–H and O–H groups in total. The van der Waals surface area contributed by atoms with E-state index in [0.29, 0.717) is 12.6 Å². The largest absolute Gasteiger partial charge is 0.378 e. The zero-order chi connectivity index (χ0) is 13.8. The van der Waals surface area contributed by atoms with E-state index in [1.165, 1.54) is 5.39 Å². The molecule has 1 fully saturated rings. The molecular formula is C14H20N4OS. The summed E-state index contributed by atoms with van der Waals surface area (Å²) in [6.45, 7) is 3.48. The molecule has 0 unspecified atom stereocenters. The fourth-order valence-electron chi connectivity index (χ4n) is 2.60. The minimum Gasteiger partial charge on any atom is -0.378 e. The van der Waals surface area contributed by atoms with Gasteiger partial charge in [-0.2, -0.15) is 0 Å². The van der Waals surface area contributed by atoms with Crippen LogP contribution in [0.3, 0.4) is 0 Å². The number of ether oxygens (including phenoxy) is 1. The SMILES string of the molecule is NCCCOC1CCN(c2ncnc3sccc23)CC1. The molecule has 0 atom stereocenters. The molecule has 1 aliphatic rings. The lowest BCUT2D eigenvalue weighted by molar-refractivity contribution is 0.0366. The number of nitrogens with two attached hydrogens (primary N) is 1. The second-order valence-electron chi connectivity index (χ2n) is 5.04. The van der Waals surface area contributed by atoms with Gasteiger partial charge in [0.2, 0.25) is 0 Å². The Labute approximate surface area is 122 Å². The molecule has 0 saturated carbocycles. The number of piperidine rings is 1. The predicted octanol–water partition coefficient (Wildman–Crippen LogP) is 2.03. The summed E-state index contributed by atoms with van der Waals surface area (Å²) in [6.07, 6.45) is 5.10. The van der Waals surface area contributed by atoms with Crippen LogP contribution in [-0.2, 0) is 4.74 Å². The van der Waals surface area contributed by atoms with Gasteiger partial charge in [-0.25, -0.2) is 9.97 Å². The first kappa shape index (κ1) is 13.7. The lowest BCUT2D eigenvalue weighted by Crippen LogP contribution is -2.37. The Balaban J connectivity index is 1.62. The van der Waals surface area contributed by atoms with Crippen molar-refractivity contribution in [2.75, 3.05) is 31.1 Å². The molecule has 0 radical (unpaired) electrons. The van der Waals surface area contributed by atoms with Gasteiger partial charge in [0.1, 0.15) is 17.0 Å². The summed E-state index contributed by atoms with van der Waals surface area (Å²) in [5.74, 6) is 1.07. The quantitative estimate of drug-likeness (QED) is 0.854. The fraction of sp³-hybridized carbons (Fsp3) is 0.571. The van der Waals surface area contributed by atoms with Gasteiger partial charge in [0, 0.05) is 19.7 Å². The average molecular weight is 292 g/mol. The van der Waals surface area contributed by atoms with E-state index in [4.69, 9.17) is 10.5 Å². The molecule has 1 aliphatic heterocycles. The molecule has 5 nitrogen and oxygen atoms in total. The molecule has 6 heteroatoms. The topological polar surface area (TPSA) is 64.3 Å². The molecule has 0 aromatic carbocycles. The summed E-state index contributed by atoms with van der Waals surface area (Å²) in [6, 6.07) is 2.11. The van der Waals surface area contributed by atoms with E-state index < -0.39 is 0 Å². The van der Waals surface area contributed by atoms with Crippen molar-refractivity contribution in [3.8, 4) is 0 Å². The Bertz CT molecular complexity index is 551. The average Bonchev–Trinajstić information content (AvgIpc) is 2.97. The van der Waals surface area contributed by atoms with Gasteiger partial charge in [0.25, 0.3) is 0 Å². The molecular weight excluding hydrogens is 272 g/mol. The van der Waals surface area contributed by atoms with Gasteiger partial charge in [-0.1, -0.05) is 0 Å². The van der Waals surface area contributed by atoms with Crippen LogP contribution >= 0.6 is 11.3 Å². The second-order valence-corrected chi connectivity index (χ2v) is 5.93. The highest BCUT2D eigenvalue weighted by atomic mass is 32.1. The van der Waals surface area contributed by atoms with Gasteiger partial charge in [-0.05, 0) is 37.3 Å². The third-order valence-corrected chi connectivity index (χ3v) is 4.50. The van der Waals surface area contributed by atoms with Crippen LogP contribution < -0.4 is 10.6 Å². The minimum absolute atomic E-state index is 0.373. The van der Waals surface area contributed by atoms with E-state index >= 15 is 0 Å². The van der Waals surface area contributed by atoms with Crippen molar-refractivity contribution in [1.29, 1.82) is 0 Å². The molecule has 108 valence electrons. The van der Waals surface area contributed by atoms with Crippen molar-refractivity contribution in [2.24, 2.45) is 5.73 Å². The smallest absolute Gasteiger partial charge is 0.140 e. The summed E-state index contributed by atoms with van der Waals surface area (Å²) in [5, 5.41) is 3.24. The van der Waals surface area contributed by atoms with Gasteiger partial charge in [0.15, 0.2) is 0 Å². The van der Waals surface area contributed by atoms with Crippen LogP contribution in [0.15, 0.2) is 17.8 Å². The zero-order valence-corrected chi connectivity index (χ0v) is 12.3. The summed E-state index contributed by atoms with van der Waals surface area (Å²) in [7, 11) is 0. The van der Waals surface area contributed by atoms with E-state index in [0.717, 1.165) is 49.6 Å². The lowest BCUT2D eigenvalue weighted by atomic mass is 10.1. The van der Waals surface area contributed by atoms with Gasteiger partial charge < -0.3 is 15.4 Å². The van der Waals surface area contributed by atoms with Crippen LogP contribution in [0.1, 0.15) is 19.3 Å². The molecule has 3 heterocycles. The Morgan fingerprint density at radius 3 is 3.00 bits per heavy atom. The number of aromatic nitrogens is 2. The van der Waals surface area contributed by atoms with Gasteiger partial charge in [-0.15, -0.1) is 11.3 Å². The van der Waals surface area contributed by atoms with Gasteiger partial charge in [-0.3, -0.25) is 0 Å². The number of rotatable bonds is 5. The van der Waals surface area contributed by atoms with Gasteiger partial charge in [0.05, 0.1) is 11.5 Å². The first-order valence-corrected chi connectivity index (χ1v) is 8.01. The molecule has 1 saturated heterocycles. The van der Waals surface area contributed by atoms with Crippen LogP contribution in [0.5, 0.6) is 0 Å². The number of hydrogen-bond donors (Lipinski definition) is 1. The summed E-state index contributed by atoms with van der Waals surface area (Å²) in [4.78, 5) is 12.2. The van der Waals surface area contributed by atoms with Crippen LogP contribution in [0, 0.1) is 0 Å². The first-order valence-electron chi connectivity index (χ1n) is 7.13. The molecule has 2 aromatic heterocycles. The number of fused-ring (bicyclic) bond motifs is 1. The summed E-state index contributed by atoms with van der Waals surface area (Å²) in [5.41, 5.74) is 5.48. The molecule has 0 spiro atoms. The van der Waals surface area contributed by atoms with Crippen LogP contribution in [0.4, 0.5) is 5.82 Å². The second kappa shape index (κ2) is 6.47. The van der Waals surface area contributed by atoms with Gasteiger partial charge >= 0.3 is 0 Å². The maximum absolute atomic E-state index is 5.84. The monoisotopic (exact) mass is 292 g/mol. The van der Waals surface area contributed by atoms with Crippen molar-refractivity contribution in [1.82, 2.24) is 9.97 Å². The van der Waals surface area contributed by atoms with Crippen molar-refractivity contribution in [2.45, 2.75) is 25.4 Å². The third kappa shape index (κ3) is 2.92. The standard InChI is InChI=1S/C14H20N4OS/c15-5-1-8-19-11-2-6-18(7-3-11)13-12-4-9-20-14(12)17-10-16-13/h4,9-11H,1-3,5-8,15H2. The molecule has 0 aliphatic carbocycles. The Morgan fingerprint density at radius 1 is 1.35 bits per heavy atom. The molecule has 20 heavy (non-hydrogen) atoms. The Hall–Kier alpha value is -1.24. The minimum atomic E-state index is 0.373. The van der Waals surface area contributed by atoms with Crippen LogP contribution in [0.25, 0.3) is 10.2 Å². The highest BCUT2D eigenvalue weighted by Crippen LogP contribution is 2.28. The van der Waals surface area contributed by atoms with Crippen molar-refractivity contribution in [3.63, 3.8) is 0 Å². The van der Waals surface area contributed by atoms with E-state index in [-0.39, 0.29) is 0 Å². The van der Waals surface area contributed by atoms with Crippen LogP contribution in [-0.4, -0.2) is 42.3 Å². The van der Waals surface area contributed by atoms with Crippen molar-refractivity contribution in [3.05, 3.63) is 17.8 Å². The Kier molecular flexibility index (Phi) is 4.44. The van der Waals surface area contributed by atoms with E-state index in [2.05, 4.69) is 26.3 Å². The van der Waals surface area contributed by atoms with E-state index in [1.54, 1.807) is 17.7 Å². The number of hydrogen-bond acceptors (Lipinski definition) is 6. The maximum Gasteiger partial charge on any atom is 0.140 e. The highest BCUT2D eigenvalue weighted by Gasteiger charge is 2.22. The first-order chi connectivity index (χ1) is 9.88. The third-order valence-electron chi connectivity index (χ3n) is 3.68. The molecule has 2 aromatic rings. The normalized spacial score (nSPS) is 16.9. The Morgan fingerprint density at radius 2 is 2.20 bits per heavy atom. The maximum atomic E-state index is 5.84. The fourth-order valence-corrected chi connectivity index (χ4v) is 3.32. The predicted molar refractivity (Wildman–Crippen MR) is 82.3 cm³/mol. The van der Waals surface area contributed by atoms with Crippen molar-refractivity contribution < 1.29 is 4.74 Å². The zero-order valence-electron chi connectivity index (χ0n) is 11.5. The van der Waals surface area contributed by atoms with E-state index in [1.807, 2.05) is 0 Å². The summed E-state index contributed by atoms with van der Waals surface area (Å²) < 4.78 is 5.84. The number of nitrogens with zero attached hydrogens (tertiary/aromatic N) is 3. The number of thiophene rings is 1. The number of anilines is 1. The molecule has 0 amide bonds. The molecule has 3 rings (SSSR count). The lowest BCUT2D eigenvalue weighted by Gasteiger charge is -2.33. The van der Waals surface area contributed by atoms with Crippen molar-refractivity contribution >= 4 is 27.4 Å². The summed E-state index contributed by atoms with van der Waals surface area (Å²) >= 11 is 1.67. The highest BCUT2D eigenvalue weighted by molar-refractivity contribution is 7.16. The van der Waals surface area contributed by atoms with Crippen LogP contribution in [0.2, 0.25) is 0 Å². The molecule has 0 bridgehead atoms.